The van der Waals surface area contributed by atoms with Crippen LogP contribution in [-0.4, -0.2) is 26.7 Å². The van der Waals surface area contributed by atoms with Gasteiger partial charge in [0.05, 0.1) is 4.92 Å². The molecule has 0 bridgehead atoms. The van der Waals surface area contributed by atoms with Crippen molar-refractivity contribution in [2.75, 3.05) is 11.5 Å². The number of nitro benzene ring substituents is 1. The maximum Gasteiger partial charge on any atom is 0.269 e. The van der Waals surface area contributed by atoms with Gasteiger partial charge in [0.15, 0.2) is 0 Å². The molecule has 1 aromatic rings. The molecule has 1 aliphatic rings. The number of rotatable bonds is 4. The average Bonchev–Trinajstić information content (AvgIpc) is 2.38. The fraction of sp³-hybridized carbons (Fsp3) is 0.500. The lowest BCUT2D eigenvalue weighted by molar-refractivity contribution is -0.384. The van der Waals surface area contributed by atoms with E-state index in [0.717, 1.165) is 29.9 Å². The van der Waals surface area contributed by atoms with Gasteiger partial charge in [-0.2, -0.15) is 0 Å². The van der Waals surface area contributed by atoms with Crippen LogP contribution in [0.2, 0.25) is 0 Å². The van der Waals surface area contributed by atoms with Gasteiger partial charge < -0.3 is 5.32 Å². The van der Waals surface area contributed by atoms with Crippen molar-refractivity contribution in [3.05, 3.63) is 39.9 Å². The molecule has 18 heavy (non-hydrogen) atoms. The Kier molecular flexibility index (Phi) is 4.43. The molecular weight excluding hydrogens is 252 g/mol. The normalized spacial score (nSPS) is 23.8. The van der Waals surface area contributed by atoms with Gasteiger partial charge in [0.2, 0.25) is 0 Å². The zero-order chi connectivity index (χ0) is 13.0. The van der Waals surface area contributed by atoms with Gasteiger partial charge >= 0.3 is 0 Å². The maximum absolute atomic E-state index is 11.2. The summed E-state index contributed by atoms with van der Waals surface area (Å²) in [7, 11) is -0.632. The third kappa shape index (κ3) is 3.61. The number of nitrogens with zero attached hydrogens (tertiary/aromatic N) is 1. The molecule has 0 aliphatic carbocycles. The van der Waals surface area contributed by atoms with E-state index in [1.54, 1.807) is 12.1 Å². The molecule has 0 radical (unpaired) electrons. The molecule has 1 fully saturated rings. The van der Waals surface area contributed by atoms with Gasteiger partial charge in [0, 0.05) is 47.0 Å². The zero-order valence-corrected chi connectivity index (χ0v) is 10.8. The van der Waals surface area contributed by atoms with Crippen molar-refractivity contribution < 1.29 is 9.13 Å². The molecule has 0 saturated carbocycles. The molecule has 1 saturated heterocycles. The van der Waals surface area contributed by atoms with Crippen LogP contribution in [0, 0.1) is 10.1 Å². The quantitative estimate of drug-likeness (QED) is 0.665. The third-order valence-corrected chi connectivity index (χ3v) is 4.51. The Morgan fingerprint density at radius 3 is 2.44 bits per heavy atom. The van der Waals surface area contributed by atoms with Crippen LogP contribution in [0.15, 0.2) is 24.3 Å². The SMILES string of the molecule is O=[N+]([O-])c1ccc(CNC2CCS(=O)CC2)cc1. The Hall–Kier alpha value is -1.27. The number of benzene rings is 1. The van der Waals surface area contributed by atoms with E-state index in [2.05, 4.69) is 5.32 Å². The minimum absolute atomic E-state index is 0.117. The molecule has 0 aromatic heterocycles. The standard InChI is InChI=1S/C12H16N2O3S/c15-14(16)12-3-1-10(2-4-12)9-13-11-5-7-18(17)8-6-11/h1-4,11,13H,5-9H2. The Morgan fingerprint density at radius 1 is 1.28 bits per heavy atom. The highest BCUT2D eigenvalue weighted by molar-refractivity contribution is 7.85. The van der Waals surface area contributed by atoms with Crippen molar-refractivity contribution >= 4 is 16.5 Å². The van der Waals surface area contributed by atoms with Crippen LogP contribution in [0.3, 0.4) is 0 Å². The molecule has 1 aromatic carbocycles. The van der Waals surface area contributed by atoms with Crippen LogP contribution in [-0.2, 0) is 17.3 Å². The summed E-state index contributed by atoms with van der Waals surface area (Å²) >= 11 is 0. The van der Waals surface area contributed by atoms with E-state index < -0.39 is 15.7 Å². The summed E-state index contributed by atoms with van der Waals surface area (Å²) in [6.45, 7) is 0.704. The second kappa shape index (κ2) is 6.06. The van der Waals surface area contributed by atoms with Crippen LogP contribution in [0.25, 0.3) is 0 Å². The first-order chi connectivity index (χ1) is 8.65. The first-order valence-electron chi connectivity index (χ1n) is 5.97. The van der Waals surface area contributed by atoms with E-state index >= 15 is 0 Å². The largest absolute Gasteiger partial charge is 0.310 e. The van der Waals surface area contributed by atoms with E-state index in [1.807, 2.05) is 0 Å². The van der Waals surface area contributed by atoms with Crippen LogP contribution in [0.4, 0.5) is 5.69 Å². The minimum Gasteiger partial charge on any atom is -0.310 e. The van der Waals surface area contributed by atoms with Gasteiger partial charge in [-0.05, 0) is 18.4 Å². The molecule has 0 unspecified atom stereocenters. The van der Waals surface area contributed by atoms with Crippen molar-refractivity contribution in [1.29, 1.82) is 0 Å². The molecule has 98 valence electrons. The number of nitro groups is 1. The van der Waals surface area contributed by atoms with Crippen LogP contribution in [0.5, 0.6) is 0 Å². The summed E-state index contributed by atoms with van der Waals surface area (Å²) in [5, 5.41) is 13.9. The fourth-order valence-corrected chi connectivity index (χ4v) is 3.29. The summed E-state index contributed by atoms with van der Waals surface area (Å²) in [5.41, 5.74) is 1.15. The average molecular weight is 268 g/mol. The molecule has 0 amide bonds. The monoisotopic (exact) mass is 268 g/mol. The van der Waals surface area contributed by atoms with E-state index in [9.17, 15) is 14.3 Å². The zero-order valence-electron chi connectivity index (χ0n) is 10.0. The number of hydrogen-bond donors (Lipinski definition) is 1. The highest BCUT2D eigenvalue weighted by Crippen LogP contribution is 2.13. The van der Waals surface area contributed by atoms with Gasteiger partial charge in [-0.3, -0.25) is 14.3 Å². The summed E-state index contributed by atoms with van der Waals surface area (Å²) in [4.78, 5) is 10.1. The van der Waals surface area contributed by atoms with Crippen molar-refractivity contribution in [2.24, 2.45) is 0 Å². The van der Waals surface area contributed by atoms with E-state index in [1.165, 1.54) is 12.1 Å². The lowest BCUT2D eigenvalue weighted by atomic mass is 10.1. The van der Waals surface area contributed by atoms with Crippen molar-refractivity contribution in [3.8, 4) is 0 Å². The van der Waals surface area contributed by atoms with Gasteiger partial charge in [-0.25, -0.2) is 0 Å². The second-order valence-corrected chi connectivity index (χ2v) is 6.12. The van der Waals surface area contributed by atoms with Gasteiger partial charge in [-0.15, -0.1) is 0 Å². The minimum atomic E-state index is -0.632. The van der Waals surface area contributed by atoms with Crippen molar-refractivity contribution in [2.45, 2.75) is 25.4 Å². The topological polar surface area (TPSA) is 72.2 Å². The second-order valence-electron chi connectivity index (χ2n) is 4.43. The molecule has 2 rings (SSSR count). The first-order valence-corrected chi connectivity index (χ1v) is 7.45. The molecular formula is C12H16N2O3S. The summed E-state index contributed by atoms with van der Waals surface area (Å²) in [5.74, 6) is 1.55. The Bertz CT molecular complexity index is 437. The lowest BCUT2D eigenvalue weighted by Gasteiger charge is -2.22. The fourth-order valence-electron chi connectivity index (χ4n) is 2.00. The van der Waals surface area contributed by atoms with Gasteiger partial charge in [0.25, 0.3) is 5.69 Å². The van der Waals surface area contributed by atoms with Crippen molar-refractivity contribution in [1.82, 2.24) is 5.32 Å². The van der Waals surface area contributed by atoms with Crippen LogP contribution >= 0.6 is 0 Å². The highest BCUT2D eigenvalue weighted by Gasteiger charge is 2.17. The predicted octanol–water partition coefficient (Wildman–Crippen LogP) is 1.60. The number of hydrogen-bond acceptors (Lipinski definition) is 4. The van der Waals surface area contributed by atoms with E-state index in [4.69, 9.17) is 0 Å². The molecule has 1 heterocycles. The summed E-state index contributed by atoms with van der Waals surface area (Å²) in [6, 6.07) is 7.00. The molecule has 5 nitrogen and oxygen atoms in total. The number of nitrogens with one attached hydrogen (secondary N) is 1. The van der Waals surface area contributed by atoms with Crippen LogP contribution < -0.4 is 5.32 Å². The molecule has 0 spiro atoms. The van der Waals surface area contributed by atoms with Crippen molar-refractivity contribution in [3.63, 3.8) is 0 Å². The smallest absolute Gasteiger partial charge is 0.269 e. The van der Waals surface area contributed by atoms with Gasteiger partial charge in [-0.1, -0.05) is 12.1 Å². The van der Waals surface area contributed by atoms with E-state index in [-0.39, 0.29) is 5.69 Å². The Labute approximate surface area is 108 Å². The first kappa shape index (κ1) is 13.2. The lowest BCUT2D eigenvalue weighted by Crippen LogP contribution is -2.35. The predicted molar refractivity (Wildman–Crippen MR) is 70.8 cm³/mol. The molecule has 6 heteroatoms. The summed E-state index contributed by atoms with van der Waals surface area (Å²) in [6.07, 6.45) is 1.89. The molecule has 0 atom stereocenters. The Balaban J connectivity index is 1.83. The Morgan fingerprint density at radius 2 is 1.89 bits per heavy atom. The van der Waals surface area contributed by atoms with E-state index in [0.29, 0.717) is 12.6 Å². The summed E-state index contributed by atoms with van der Waals surface area (Å²) < 4.78 is 11.2. The van der Waals surface area contributed by atoms with Crippen LogP contribution in [0.1, 0.15) is 18.4 Å². The third-order valence-electron chi connectivity index (χ3n) is 3.13. The van der Waals surface area contributed by atoms with Gasteiger partial charge in [0.1, 0.15) is 0 Å². The molecule has 1 aliphatic heterocycles. The highest BCUT2D eigenvalue weighted by atomic mass is 32.2. The molecule has 1 N–H and O–H groups in total. The maximum atomic E-state index is 11.2. The number of non-ortho nitro benzene ring substituents is 1.